The van der Waals surface area contributed by atoms with Gasteiger partial charge in [-0.05, 0) is 90.1 Å². The molecular formula is C32H20N4O. The topological polar surface area (TPSA) is 69.7 Å². The van der Waals surface area contributed by atoms with E-state index in [2.05, 4.69) is 12.1 Å². The molecule has 5 aliphatic heterocycles. The van der Waals surface area contributed by atoms with Gasteiger partial charge in [-0.1, -0.05) is 36.4 Å². The minimum atomic E-state index is 0.245. The molecule has 5 nitrogen and oxygen atoms in total. The first-order valence-electron chi connectivity index (χ1n) is 12.0. The summed E-state index contributed by atoms with van der Waals surface area (Å²) in [6.45, 7) is 0. The molecule has 8 bridgehead atoms. The SMILES string of the molecule is Oc1ccccc1-c1cccc(C2=C3C=CC(=N3)C=C3C=CC(=N3)C=C3C=CC(=N3)C=C3C=CC2=N3)c1. The summed E-state index contributed by atoms with van der Waals surface area (Å²) in [6.07, 6.45) is 21.9. The van der Waals surface area contributed by atoms with Gasteiger partial charge in [0, 0.05) is 11.1 Å². The van der Waals surface area contributed by atoms with Gasteiger partial charge < -0.3 is 5.11 Å². The fraction of sp³-hybridized carbons (Fsp3) is 0. The van der Waals surface area contributed by atoms with Gasteiger partial charge in [0.2, 0.25) is 0 Å². The normalized spacial score (nSPS) is 19.0. The summed E-state index contributed by atoms with van der Waals surface area (Å²) in [6, 6.07) is 15.5. The Balaban J connectivity index is 1.41. The van der Waals surface area contributed by atoms with Crippen LogP contribution < -0.4 is 0 Å². The molecule has 5 aliphatic rings. The van der Waals surface area contributed by atoms with E-state index in [-0.39, 0.29) is 5.75 Å². The third-order valence-corrected chi connectivity index (χ3v) is 6.46. The smallest absolute Gasteiger partial charge is 0.123 e. The second-order valence-corrected chi connectivity index (χ2v) is 9.01. The number of rotatable bonds is 2. The first-order chi connectivity index (χ1) is 18.2. The quantitative estimate of drug-likeness (QED) is 0.530. The molecule has 0 radical (unpaired) electrons. The Kier molecular flexibility index (Phi) is 4.86. The molecule has 0 amide bonds. The van der Waals surface area contributed by atoms with Gasteiger partial charge in [-0.15, -0.1) is 0 Å². The highest BCUT2D eigenvalue weighted by Gasteiger charge is 2.20. The number of hydrogen-bond donors (Lipinski definition) is 1. The monoisotopic (exact) mass is 476 g/mol. The number of hydrogen-bond acceptors (Lipinski definition) is 5. The maximum absolute atomic E-state index is 10.4. The van der Waals surface area contributed by atoms with E-state index < -0.39 is 0 Å². The van der Waals surface area contributed by atoms with Gasteiger partial charge in [0.25, 0.3) is 0 Å². The lowest BCUT2D eigenvalue weighted by atomic mass is 9.94. The lowest BCUT2D eigenvalue weighted by Crippen LogP contribution is -2.00. The summed E-state index contributed by atoms with van der Waals surface area (Å²) in [5.74, 6) is 0.245. The molecule has 174 valence electrons. The van der Waals surface area contributed by atoms with Crippen LogP contribution in [0.2, 0.25) is 0 Å². The van der Waals surface area contributed by atoms with Crippen LogP contribution in [0.25, 0.3) is 16.7 Å². The van der Waals surface area contributed by atoms with E-state index in [1.54, 1.807) is 6.07 Å². The molecule has 2 aromatic rings. The average Bonchev–Trinajstić information content (AvgIpc) is 3.71. The van der Waals surface area contributed by atoms with Crippen molar-refractivity contribution >= 4 is 28.4 Å². The van der Waals surface area contributed by atoms with Crippen LogP contribution in [-0.4, -0.2) is 28.0 Å². The Bertz CT molecular complexity index is 1760. The summed E-state index contributed by atoms with van der Waals surface area (Å²) in [5.41, 5.74) is 10.3. The fourth-order valence-corrected chi connectivity index (χ4v) is 4.75. The molecule has 0 unspecified atom stereocenters. The summed E-state index contributed by atoms with van der Waals surface area (Å²) >= 11 is 0. The van der Waals surface area contributed by atoms with Gasteiger partial charge >= 0.3 is 0 Å². The lowest BCUT2D eigenvalue weighted by Gasteiger charge is -2.12. The van der Waals surface area contributed by atoms with Crippen LogP contribution in [0.3, 0.4) is 0 Å². The lowest BCUT2D eigenvalue weighted by molar-refractivity contribution is 0.477. The Morgan fingerprint density at radius 1 is 0.514 bits per heavy atom. The zero-order valence-corrected chi connectivity index (χ0v) is 19.7. The van der Waals surface area contributed by atoms with Crippen molar-refractivity contribution in [2.24, 2.45) is 20.0 Å². The van der Waals surface area contributed by atoms with Crippen molar-refractivity contribution in [3.8, 4) is 16.9 Å². The largest absolute Gasteiger partial charge is 0.507 e. The fourth-order valence-electron chi connectivity index (χ4n) is 4.75. The van der Waals surface area contributed by atoms with Crippen molar-refractivity contribution < 1.29 is 5.11 Å². The molecule has 0 aromatic heterocycles. The predicted molar refractivity (Wildman–Crippen MR) is 151 cm³/mol. The maximum Gasteiger partial charge on any atom is 0.123 e. The van der Waals surface area contributed by atoms with Gasteiger partial charge in [-0.25, -0.2) is 20.0 Å². The number of aliphatic imine (C=N–C) groups is 4. The second-order valence-electron chi connectivity index (χ2n) is 9.01. The van der Waals surface area contributed by atoms with Crippen molar-refractivity contribution in [2.75, 3.05) is 0 Å². The molecule has 0 aliphatic carbocycles. The van der Waals surface area contributed by atoms with Crippen LogP contribution in [0.4, 0.5) is 0 Å². The van der Waals surface area contributed by atoms with Crippen molar-refractivity contribution in [1.29, 1.82) is 0 Å². The van der Waals surface area contributed by atoms with E-state index in [1.807, 2.05) is 97.2 Å². The van der Waals surface area contributed by atoms with Crippen LogP contribution in [0.15, 0.2) is 158 Å². The molecule has 7 rings (SSSR count). The Hall–Kier alpha value is -5.16. The van der Waals surface area contributed by atoms with Crippen LogP contribution in [0, 0.1) is 0 Å². The van der Waals surface area contributed by atoms with E-state index in [0.717, 1.165) is 67.9 Å². The van der Waals surface area contributed by atoms with Crippen molar-refractivity contribution in [1.82, 2.24) is 0 Å². The Labute approximate surface area is 214 Å². The number of phenols is 1. The molecule has 0 saturated heterocycles. The summed E-state index contributed by atoms with van der Waals surface area (Å²) in [7, 11) is 0. The maximum atomic E-state index is 10.4. The predicted octanol–water partition coefficient (Wildman–Crippen LogP) is 6.48. The molecule has 0 atom stereocenters. The zero-order chi connectivity index (χ0) is 24.8. The molecular weight excluding hydrogens is 456 g/mol. The molecule has 1 N–H and O–H groups in total. The molecule has 5 heterocycles. The summed E-state index contributed by atoms with van der Waals surface area (Å²) < 4.78 is 0. The van der Waals surface area contributed by atoms with E-state index >= 15 is 0 Å². The number of allylic oxidation sites excluding steroid dienone is 12. The highest BCUT2D eigenvalue weighted by Crippen LogP contribution is 2.34. The van der Waals surface area contributed by atoms with Crippen molar-refractivity contribution in [3.05, 3.63) is 144 Å². The molecule has 5 heteroatoms. The van der Waals surface area contributed by atoms with E-state index in [9.17, 15) is 5.11 Å². The number of nitrogens with zero attached hydrogens (tertiary/aromatic N) is 4. The van der Waals surface area contributed by atoms with Crippen LogP contribution in [0.1, 0.15) is 5.56 Å². The van der Waals surface area contributed by atoms with Crippen LogP contribution in [0.5, 0.6) is 5.75 Å². The van der Waals surface area contributed by atoms with Gasteiger partial charge in [0.1, 0.15) is 5.75 Å². The Morgan fingerprint density at radius 3 is 1.89 bits per heavy atom. The highest BCUT2D eigenvalue weighted by atomic mass is 16.3. The minimum Gasteiger partial charge on any atom is -0.507 e. The first kappa shape index (κ1) is 21.1. The number of benzene rings is 2. The van der Waals surface area contributed by atoms with E-state index in [1.165, 1.54) is 0 Å². The number of fused-ring (bicyclic) bond motifs is 4. The van der Waals surface area contributed by atoms with Gasteiger partial charge in [-0.2, -0.15) is 0 Å². The third-order valence-electron chi connectivity index (χ3n) is 6.46. The summed E-state index contributed by atoms with van der Waals surface area (Å²) in [5, 5.41) is 10.4. The first-order valence-corrected chi connectivity index (χ1v) is 12.0. The number of para-hydroxylation sites is 1. The van der Waals surface area contributed by atoms with Crippen LogP contribution in [-0.2, 0) is 0 Å². The summed E-state index contributed by atoms with van der Waals surface area (Å²) in [4.78, 5) is 19.3. The van der Waals surface area contributed by atoms with Crippen molar-refractivity contribution in [2.45, 2.75) is 0 Å². The molecule has 0 saturated carbocycles. The molecule has 37 heavy (non-hydrogen) atoms. The second kappa shape index (κ2) is 8.50. The number of aromatic hydroxyl groups is 1. The molecule has 0 fully saturated rings. The molecule has 2 aromatic carbocycles. The van der Waals surface area contributed by atoms with E-state index in [4.69, 9.17) is 20.0 Å². The Morgan fingerprint density at radius 2 is 1.14 bits per heavy atom. The van der Waals surface area contributed by atoms with E-state index in [0.29, 0.717) is 0 Å². The number of phenolic OH excluding ortho intramolecular Hbond substituents is 1. The van der Waals surface area contributed by atoms with Gasteiger partial charge in [0.15, 0.2) is 0 Å². The highest BCUT2D eigenvalue weighted by molar-refractivity contribution is 6.32. The average molecular weight is 477 g/mol. The third kappa shape index (κ3) is 4.02. The van der Waals surface area contributed by atoms with Crippen molar-refractivity contribution in [3.63, 3.8) is 0 Å². The standard InChI is InChI=1S/C32H20N4O/c37-31-7-2-1-6-28(31)20-4-3-5-21(16-20)32-29-14-12-26(35-29)18-24-10-8-22(33-24)17-23-9-11-25(34-23)19-27-13-15-30(32)36-27/h1-19,37H. The van der Waals surface area contributed by atoms with Crippen LogP contribution >= 0.6 is 0 Å². The minimum absolute atomic E-state index is 0.245. The van der Waals surface area contributed by atoms with Gasteiger partial charge in [-0.3, -0.25) is 0 Å². The van der Waals surface area contributed by atoms with Gasteiger partial charge in [0.05, 0.1) is 45.6 Å². The zero-order valence-electron chi connectivity index (χ0n) is 19.7. The molecule has 0 spiro atoms.